The Morgan fingerprint density at radius 2 is 1.53 bits per heavy atom. The number of methoxy groups -OCH3 is 2. The lowest BCUT2D eigenvalue weighted by Gasteiger charge is -2.36. The van der Waals surface area contributed by atoms with Crippen LogP contribution in [-0.2, 0) is 4.79 Å². The molecule has 0 atom stereocenters. The molecule has 0 radical (unpaired) electrons. The maximum Gasteiger partial charge on any atom is 0.254 e. The molecule has 36 heavy (non-hydrogen) atoms. The van der Waals surface area contributed by atoms with Crippen LogP contribution < -0.4 is 14.4 Å². The number of piperazine rings is 1. The van der Waals surface area contributed by atoms with E-state index in [2.05, 4.69) is 23.1 Å². The highest BCUT2D eigenvalue weighted by atomic mass is 16.5. The molecule has 1 amide bonds. The fourth-order valence-electron chi connectivity index (χ4n) is 4.54. The zero-order chi connectivity index (χ0) is 24.9. The number of benzene rings is 3. The number of carbonyl (C=O) groups is 1. The van der Waals surface area contributed by atoms with Crippen molar-refractivity contribution in [2.75, 3.05) is 45.3 Å². The molecule has 0 unspecified atom stereocenters. The van der Waals surface area contributed by atoms with E-state index in [0.717, 1.165) is 40.9 Å². The lowest BCUT2D eigenvalue weighted by Crippen LogP contribution is -2.49. The number of pyridine rings is 1. The van der Waals surface area contributed by atoms with E-state index >= 15 is 0 Å². The van der Waals surface area contributed by atoms with Gasteiger partial charge in [-0.1, -0.05) is 54.6 Å². The molecule has 0 saturated carbocycles. The molecule has 2 heterocycles. The van der Waals surface area contributed by atoms with Gasteiger partial charge in [0.15, 0.2) is 11.5 Å². The topological polar surface area (TPSA) is 54.9 Å². The van der Waals surface area contributed by atoms with Crippen molar-refractivity contribution in [3.8, 4) is 11.5 Å². The fraction of sp³-hybridized carbons (Fsp3) is 0.200. The van der Waals surface area contributed by atoms with Crippen LogP contribution in [0.25, 0.3) is 22.6 Å². The molecule has 1 aliphatic heterocycles. The summed E-state index contributed by atoms with van der Waals surface area (Å²) >= 11 is 0. The standard InChI is InChI=1S/C30H29N3O3/c1-35-27-14-12-22(21-28(27)36-2)20-25(23-8-4-3-5-9-23)30(34)33-18-16-32(17-19-33)29-15-13-24-10-6-7-11-26(24)31-29/h3-15,20-21H,16-19H2,1-2H3/b25-20+. The minimum absolute atomic E-state index is 0.0158. The molecule has 1 aromatic heterocycles. The minimum atomic E-state index is 0.0158. The number of hydrogen-bond donors (Lipinski definition) is 0. The number of nitrogens with zero attached hydrogens (tertiary/aromatic N) is 3. The maximum atomic E-state index is 13.8. The lowest BCUT2D eigenvalue weighted by atomic mass is 10.0. The Morgan fingerprint density at radius 3 is 2.28 bits per heavy atom. The second kappa shape index (κ2) is 10.5. The van der Waals surface area contributed by atoms with E-state index in [-0.39, 0.29) is 5.91 Å². The molecule has 0 spiro atoms. The average Bonchev–Trinajstić information content (AvgIpc) is 2.95. The van der Waals surface area contributed by atoms with Crippen molar-refractivity contribution in [3.05, 3.63) is 96.1 Å². The summed E-state index contributed by atoms with van der Waals surface area (Å²) in [6, 6.07) is 27.8. The summed E-state index contributed by atoms with van der Waals surface area (Å²) in [6.07, 6.45) is 1.93. The summed E-state index contributed by atoms with van der Waals surface area (Å²) < 4.78 is 10.8. The molecular weight excluding hydrogens is 450 g/mol. The summed E-state index contributed by atoms with van der Waals surface area (Å²) in [6.45, 7) is 2.72. The largest absolute Gasteiger partial charge is 0.493 e. The van der Waals surface area contributed by atoms with Crippen LogP contribution in [-0.4, -0.2) is 56.2 Å². The van der Waals surface area contributed by atoms with Crippen LogP contribution in [0.3, 0.4) is 0 Å². The van der Waals surface area contributed by atoms with Crippen LogP contribution in [0.1, 0.15) is 11.1 Å². The van der Waals surface area contributed by atoms with Crippen molar-refractivity contribution < 1.29 is 14.3 Å². The highest BCUT2D eigenvalue weighted by molar-refractivity contribution is 6.24. The van der Waals surface area contributed by atoms with Gasteiger partial charge >= 0.3 is 0 Å². The van der Waals surface area contributed by atoms with Crippen molar-refractivity contribution in [1.29, 1.82) is 0 Å². The quantitative estimate of drug-likeness (QED) is 0.283. The van der Waals surface area contributed by atoms with E-state index < -0.39 is 0 Å². The molecule has 3 aromatic carbocycles. The smallest absolute Gasteiger partial charge is 0.254 e. The Labute approximate surface area is 211 Å². The number of aromatic nitrogens is 1. The molecule has 1 fully saturated rings. The predicted molar refractivity (Wildman–Crippen MR) is 144 cm³/mol. The van der Waals surface area contributed by atoms with Gasteiger partial charge in [0.05, 0.1) is 19.7 Å². The lowest BCUT2D eigenvalue weighted by molar-refractivity contribution is -0.125. The van der Waals surface area contributed by atoms with Crippen LogP contribution >= 0.6 is 0 Å². The number of amides is 1. The Hall–Kier alpha value is -4.32. The van der Waals surface area contributed by atoms with Crippen molar-refractivity contribution in [2.45, 2.75) is 0 Å². The highest BCUT2D eigenvalue weighted by Gasteiger charge is 2.25. The first-order valence-corrected chi connectivity index (χ1v) is 12.1. The molecule has 4 aromatic rings. The van der Waals surface area contributed by atoms with Crippen LogP contribution in [0.15, 0.2) is 84.9 Å². The number of rotatable bonds is 6. The normalized spacial score (nSPS) is 14.1. The molecule has 0 aliphatic carbocycles. The minimum Gasteiger partial charge on any atom is -0.493 e. The van der Waals surface area contributed by atoms with Crippen molar-refractivity contribution in [2.24, 2.45) is 0 Å². The Balaban J connectivity index is 1.37. The van der Waals surface area contributed by atoms with E-state index in [9.17, 15) is 4.79 Å². The van der Waals surface area contributed by atoms with Gasteiger partial charge in [-0.25, -0.2) is 4.98 Å². The maximum absolute atomic E-state index is 13.8. The number of hydrogen-bond acceptors (Lipinski definition) is 5. The zero-order valence-corrected chi connectivity index (χ0v) is 20.6. The summed E-state index contributed by atoms with van der Waals surface area (Å²) in [7, 11) is 3.22. The molecule has 0 bridgehead atoms. The van der Waals surface area contributed by atoms with Crippen LogP contribution in [0.2, 0.25) is 0 Å². The van der Waals surface area contributed by atoms with E-state index in [1.165, 1.54) is 0 Å². The molecule has 6 heteroatoms. The first-order chi connectivity index (χ1) is 17.7. The monoisotopic (exact) mass is 479 g/mol. The van der Waals surface area contributed by atoms with E-state index in [4.69, 9.17) is 14.5 Å². The van der Waals surface area contributed by atoms with Crippen molar-refractivity contribution in [1.82, 2.24) is 9.88 Å². The Morgan fingerprint density at radius 1 is 0.806 bits per heavy atom. The third-order valence-corrected chi connectivity index (χ3v) is 6.51. The highest BCUT2D eigenvalue weighted by Crippen LogP contribution is 2.30. The Bertz CT molecular complexity index is 1390. The third kappa shape index (κ3) is 4.89. The van der Waals surface area contributed by atoms with Gasteiger partial charge < -0.3 is 19.3 Å². The van der Waals surface area contributed by atoms with Gasteiger partial charge in [-0.05, 0) is 47.5 Å². The number of fused-ring (bicyclic) bond motifs is 1. The summed E-state index contributed by atoms with van der Waals surface area (Å²) in [4.78, 5) is 22.8. The first-order valence-electron chi connectivity index (χ1n) is 12.1. The summed E-state index contributed by atoms with van der Waals surface area (Å²) in [5, 5.41) is 1.13. The second-order valence-corrected chi connectivity index (χ2v) is 8.68. The van der Waals surface area contributed by atoms with Crippen LogP contribution in [0, 0.1) is 0 Å². The molecule has 0 N–H and O–H groups in total. The van der Waals surface area contributed by atoms with Gasteiger partial charge in [0.1, 0.15) is 5.82 Å². The number of anilines is 1. The molecular formula is C30H29N3O3. The van der Waals surface area contributed by atoms with Gasteiger partial charge in [-0.2, -0.15) is 0 Å². The predicted octanol–water partition coefficient (Wildman–Crippen LogP) is 5.14. The first kappa shape index (κ1) is 23.4. The molecule has 182 valence electrons. The molecule has 1 aliphatic rings. The van der Waals surface area contributed by atoms with E-state index in [1.807, 2.05) is 77.7 Å². The summed E-state index contributed by atoms with van der Waals surface area (Å²) in [5.74, 6) is 2.25. The van der Waals surface area contributed by atoms with Gasteiger partial charge in [0.2, 0.25) is 0 Å². The van der Waals surface area contributed by atoms with Crippen molar-refractivity contribution in [3.63, 3.8) is 0 Å². The van der Waals surface area contributed by atoms with Gasteiger partial charge in [-0.15, -0.1) is 0 Å². The van der Waals surface area contributed by atoms with Crippen molar-refractivity contribution >= 4 is 34.3 Å². The second-order valence-electron chi connectivity index (χ2n) is 8.68. The number of carbonyl (C=O) groups excluding carboxylic acids is 1. The molecule has 1 saturated heterocycles. The third-order valence-electron chi connectivity index (χ3n) is 6.51. The van der Waals surface area contributed by atoms with E-state index in [0.29, 0.717) is 30.2 Å². The van der Waals surface area contributed by atoms with E-state index in [1.54, 1.807) is 14.2 Å². The zero-order valence-electron chi connectivity index (χ0n) is 20.6. The molecule has 5 rings (SSSR count). The summed E-state index contributed by atoms with van der Waals surface area (Å²) in [5.41, 5.74) is 3.40. The number of ether oxygens (including phenoxy) is 2. The molecule has 6 nitrogen and oxygen atoms in total. The van der Waals surface area contributed by atoms with Gasteiger partial charge in [0, 0.05) is 37.1 Å². The number of para-hydroxylation sites is 1. The fourth-order valence-corrected chi connectivity index (χ4v) is 4.54. The van der Waals surface area contributed by atoms with Crippen LogP contribution in [0.4, 0.5) is 5.82 Å². The van der Waals surface area contributed by atoms with Gasteiger partial charge in [-0.3, -0.25) is 4.79 Å². The Kier molecular flexibility index (Phi) is 6.85. The van der Waals surface area contributed by atoms with Crippen LogP contribution in [0.5, 0.6) is 11.5 Å². The SMILES string of the molecule is COc1ccc(/C=C(/C(=O)N2CCN(c3ccc4ccccc4n3)CC2)c2ccccc2)cc1OC. The van der Waals surface area contributed by atoms with Gasteiger partial charge in [0.25, 0.3) is 5.91 Å². The average molecular weight is 480 g/mol.